The van der Waals surface area contributed by atoms with Crippen molar-refractivity contribution in [1.82, 2.24) is 9.80 Å². The number of likely N-dealkylation sites (tertiary alicyclic amines) is 2. The van der Waals surface area contributed by atoms with Gasteiger partial charge in [0, 0.05) is 19.1 Å². The minimum atomic E-state index is -5.08. The number of aliphatic carboxylic acids is 2. The Kier molecular flexibility index (Phi) is 11.4. The molecule has 0 aromatic heterocycles. The first-order chi connectivity index (χ1) is 14.5. The molecular formula is C16H24F6N4O6. The van der Waals surface area contributed by atoms with E-state index in [1.807, 2.05) is 4.90 Å². The van der Waals surface area contributed by atoms with Crippen LogP contribution in [-0.2, 0) is 19.2 Å². The number of hydrogen-bond acceptors (Lipinski definition) is 6. The second-order valence-corrected chi connectivity index (χ2v) is 6.74. The molecule has 6 N–H and O–H groups in total. The molecule has 186 valence electrons. The number of alkyl halides is 6. The Morgan fingerprint density at radius 3 is 1.69 bits per heavy atom. The molecule has 0 radical (unpaired) electrons. The smallest absolute Gasteiger partial charge is 0.475 e. The number of carbonyl (C=O) groups is 4. The molecule has 0 spiro atoms. The maximum absolute atomic E-state index is 11.6. The molecule has 32 heavy (non-hydrogen) atoms. The highest BCUT2D eigenvalue weighted by Gasteiger charge is 2.39. The van der Waals surface area contributed by atoms with Crippen molar-refractivity contribution in [3.63, 3.8) is 0 Å². The van der Waals surface area contributed by atoms with E-state index >= 15 is 0 Å². The molecule has 0 aromatic rings. The summed E-state index contributed by atoms with van der Waals surface area (Å²) < 4.78 is 63.5. The molecule has 0 unspecified atom stereocenters. The minimum absolute atomic E-state index is 0.00507. The fourth-order valence-electron chi connectivity index (χ4n) is 3.11. The molecule has 0 aliphatic carbocycles. The van der Waals surface area contributed by atoms with E-state index in [0.717, 1.165) is 38.8 Å². The third kappa shape index (κ3) is 10.1. The topological polar surface area (TPSA) is 167 Å². The van der Waals surface area contributed by atoms with E-state index in [4.69, 9.17) is 31.3 Å². The van der Waals surface area contributed by atoms with Gasteiger partial charge in [-0.1, -0.05) is 0 Å². The van der Waals surface area contributed by atoms with E-state index in [2.05, 4.69) is 4.90 Å². The third-order valence-corrected chi connectivity index (χ3v) is 4.50. The van der Waals surface area contributed by atoms with Crippen LogP contribution in [0.15, 0.2) is 0 Å². The summed E-state index contributed by atoms with van der Waals surface area (Å²) in [6, 6.07) is 0.108. The van der Waals surface area contributed by atoms with Crippen LogP contribution >= 0.6 is 0 Å². The first-order valence-electron chi connectivity index (χ1n) is 9.15. The lowest BCUT2D eigenvalue weighted by Gasteiger charge is -2.39. The minimum Gasteiger partial charge on any atom is -0.475 e. The van der Waals surface area contributed by atoms with E-state index in [0.29, 0.717) is 6.54 Å². The number of piperidine rings is 1. The number of rotatable bonds is 3. The van der Waals surface area contributed by atoms with Gasteiger partial charge in [-0.05, 0) is 32.2 Å². The quantitative estimate of drug-likeness (QED) is 0.413. The van der Waals surface area contributed by atoms with Crippen LogP contribution in [0.4, 0.5) is 26.3 Å². The Balaban J connectivity index is 0.000000570. The van der Waals surface area contributed by atoms with Gasteiger partial charge >= 0.3 is 24.3 Å². The summed E-state index contributed by atoms with van der Waals surface area (Å²) in [5.74, 6) is -5.76. The number of nitrogens with zero attached hydrogens (tertiary/aromatic N) is 2. The summed E-state index contributed by atoms with van der Waals surface area (Å²) in [6.07, 6.45) is -6.32. The second kappa shape index (κ2) is 12.4. The largest absolute Gasteiger partial charge is 0.490 e. The highest BCUT2D eigenvalue weighted by molar-refractivity contribution is 5.80. The summed E-state index contributed by atoms with van der Waals surface area (Å²) in [4.78, 5) is 44.8. The lowest BCUT2D eigenvalue weighted by Crippen LogP contribution is -2.54. The van der Waals surface area contributed by atoms with Crippen LogP contribution in [0, 0.1) is 0 Å². The number of primary amides is 1. The average molecular weight is 482 g/mol. The zero-order valence-electron chi connectivity index (χ0n) is 16.7. The molecule has 2 aliphatic heterocycles. The van der Waals surface area contributed by atoms with Gasteiger partial charge in [0.05, 0.1) is 12.6 Å². The van der Waals surface area contributed by atoms with E-state index in [1.165, 1.54) is 0 Å². The molecule has 2 fully saturated rings. The van der Waals surface area contributed by atoms with Crippen molar-refractivity contribution < 1.29 is 55.7 Å². The van der Waals surface area contributed by atoms with Crippen molar-refractivity contribution in [3.05, 3.63) is 0 Å². The van der Waals surface area contributed by atoms with Gasteiger partial charge in [-0.3, -0.25) is 14.5 Å². The predicted molar refractivity (Wildman–Crippen MR) is 95.0 cm³/mol. The van der Waals surface area contributed by atoms with Crippen molar-refractivity contribution >= 4 is 23.8 Å². The van der Waals surface area contributed by atoms with Gasteiger partial charge in [-0.2, -0.15) is 26.3 Å². The molecular weight excluding hydrogens is 458 g/mol. The molecule has 2 heterocycles. The zero-order valence-corrected chi connectivity index (χ0v) is 16.7. The SMILES string of the molecule is NCC(=O)N1CCC[C@H](N2CCC[C@H]2C(N)=O)C1.O=C(O)C(F)(F)F.O=C(O)C(F)(F)F. The van der Waals surface area contributed by atoms with Crippen LogP contribution in [0.2, 0.25) is 0 Å². The van der Waals surface area contributed by atoms with Crippen LogP contribution in [0.25, 0.3) is 0 Å². The van der Waals surface area contributed by atoms with E-state index in [-0.39, 0.29) is 30.4 Å². The first-order valence-corrected chi connectivity index (χ1v) is 9.15. The lowest BCUT2D eigenvalue weighted by molar-refractivity contribution is -0.193. The summed E-state index contributed by atoms with van der Waals surface area (Å²) in [7, 11) is 0. The molecule has 16 heteroatoms. The number of carboxylic acid groups (broad SMARTS) is 2. The van der Waals surface area contributed by atoms with Gasteiger partial charge in [0.1, 0.15) is 0 Å². The Bertz CT molecular complexity index is 648. The predicted octanol–water partition coefficient (Wildman–Crippen LogP) is 0.152. The standard InChI is InChI=1S/C12H22N4O2.2C2HF3O2/c13-7-11(17)15-5-1-3-9(8-15)16-6-2-4-10(16)12(14)18;2*3-2(4,5)1(6)7/h9-10H,1-8,13H2,(H2,14,18);2*(H,6,7)/t9-,10-;;/m0../s1. The van der Waals surface area contributed by atoms with Gasteiger partial charge < -0.3 is 26.6 Å². The number of nitrogens with two attached hydrogens (primary N) is 2. The van der Waals surface area contributed by atoms with Crippen molar-refractivity contribution in [2.75, 3.05) is 26.2 Å². The van der Waals surface area contributed by atoms with Gasteiger partial charge in [-0.25, -0.2) is 9.59 Å². The number of halogens is 6. The van der Waals surface area contributed by atoms with Gasteiger partial charge in [-0.15, -0.1) is 0 Å². The van der Waals surface area contributed by atoms with Crippen molar-refractivity contribution in [2.45, 2.75) is 50.1 Å². The van der Waals surface area contributed by atoms with Crippen molar-refractivity contribution in [1.29, 1.82) is 0 Å². The van der Waals surface area contributed by atoms with Gasteiger partial charge in [0.25, 0.3) is 0 Å². The zero-order chi connectivity index (χ0) is 25.3. The van der Waals surface area contributed by atoms with E-state index in [9.17, 15) is 35.9 Å². The van der Waals surface area contributed by atoms with Crippen molar-refractivity contribution in [2.24, 2.45) is 11.5 Å². The number of amides is 2. The lowest BCUT2D eigenvalue weighted by atomic mass is 10.0. The summed E-state index contributed by atoms with van der Waals surface area (Å²) in [6.45, 7) is 2.43. The molecule has 0 bridgehead atoms. The molecule has 2 amide bonds. The Hall–Kier alpha value is -2.62. The molecule has 0 aromatic carbocycles. The Labute approximate surface area is 178 Å². The number of carboxylic acids is 2. The molecule has 2 saturated heterocycles. The fourth-order valence-corrected chi connectivity index (χ4v) is 3.11. The Morgan fingerprint density at radius 2 is 1.31 bits per heavy atom. The van der Waals surface area contributed by atoms with Gasteiger partial charge in [0.2, 0.25) is 11.8 Å². The Morgan fingerprint density at radius 1 is 0.875 bits per heavy atom. The van der Waals surface area contributed by atoms with Crippen molar-refractivity contribution in [3.8, 4) is 0 Å². The maximum atomic E-state index is 11.6. The molecule has 2 rings (SSSR count). The molecule has 10 nitrogen and oxygen atoms in total. The highest BCUT2D eigenvalue weighted by atomic mass is 19.4. The van der Waals surface area contributed by atoms with Crippen LogP contribution < -0.4 is 11.5 Å². The summed E-state index contributed by atoms with van der Waals surface area (Å²) in [5, 5.41) is 14.2. The number of hydrogen-bond donors (Lipinski definition) is 4. The van der Waals surface area contributed by atoms with Crippen LogP contribution in [0.3, 0.4) is 0 Å². The second-order valence-electron chi connectivity index (χ2n) is 6.74. The molecule has 0 saturated carbocycles. The van der Waals surface area contributed by atoms with Crippen LogP contribution in [0.1, 0.15) is 25.7 Å². The first kappa shape index (κ1) is 29.4. The highest BCUT2D eigenvalue weighted by Crippen LogP contribution is 2.25. The van der Waals surface area contributed by atoms with Crippen LogP contribution in [-0.4, -0.2) is 94.4 Å². The summed E-state index contributed by atoms with van der Waals surface area (Å²) in [5.41, 5.74) is 10.8. The summed E-state index contributed by atoms with van der Waals surface area (Å²) >= 11 is 0. The number of carbonyl (C=O) groups excluding carboxylic acids is 2. The van der Waals surface area contributed by atoms with Crippen LogP contribution in [0.5, 0.6) is 0 Å². The van der Waals surface area contributed by atoms with Gasteiger partial charge in [0.15, 0.2) is 0 Å². The normalized spacial score (nSPS) is 21.5. The molecule has 2 atom stereocenters. The fraction of sp³-hybridized carbons (Fsp3) is 0.750. The third-order valence-electron chi connectivity index (χ3n) is 4.50. The monoisotopic (exact) mass is 482 g/mol. The average Bonchev–Trinajstić information content (AvgIpc) is 3.17. The van der Waals surface area contributed by atoms with E-state index in [1.54, 1.807) is 0 Å². The maximum Gasteiger partial charge on any atom is 0.490 e. The molecule has 2 aliphatic rings. The van der Waals surface area contributed by atoms with E-state index < -0.39 is 24.3 Å².